The zero-order valence-corrected chi connectivity index (χ0v) is 21.5. The normalized spacial score (nSPS) is 11.7. The number of carbonyl (C=O) groups excluding carboxylic acids is 1. The average molecular weight is 501 g/mol. The molecule has 0 aliphatic rings. The Kier molecular flexibility index (Phi) is 6.32. The lowest BCUT2D eigenvalue weighted by Crippen LogP contribution is -2.36. The van der Waals surface area contributed by atoms with Crippen molar-refractivity contribution in [1.82, 2.24) is 24.2 Å². The Morgan fingerprint density at radius 3 is 2.78 bits per heavy atom. The largest absolute Gasteiger partial charge is 0.456 e. The number of hydrogen-bond acceptors (Lipinski definition) is 7. The molecule has 0 aliphatic heterocycles. The zero-order chi connectivity index (χ0) is 25.3. The third kappa shape index (κ3) is 4.87. The van der Waals surface area contributed by atoms with Gasteiger partial charge in [0.25, 0.3) is 0 Å². The van der Waals surface area contributed by atoms with E-state index in [4.69, 9.17) is 4.74 Å². The fourth-order valence-electron chi connectivity index (χ4n) is 3.92. The van der Waals surface area contributed by atoms with Crippen LogP contribution in [0, 0.1) is 12.3 Å². The molecule has 0 aliphatic carbocycles. The number of nitrogens with zero attached hydrogens (tertiary/aromatic N) is 4. The molecule has 2 aromatic carbocycles. The number of aryl methyl sites for hydroxylation is 1. The average Bonchev–Trinajstić information content (AvgIpc) is 3.48. The predicted molar refractivity (Wildman–Crippen MR) is 144 cm³/mol. The molecule has 2 N–H and O–H groups in total. The van der Waals surface area contributed by atoms with Crippen molar-refractivity contribution in [2.45, 2.75) is 34.2 Å². The van der Waals surface area contributed by atoms with Crippen LogP contribution in [0.4, 0.5) is 11.5 Å². The van der Waals surface area contributed by atoms with Gasteiger partial charge in [-0.05, 0) is 60.4 Å². The number of amides is 1. The van der Waals surface area contributed by atoms with Crippen molar-refractivity contribution in [2.24, 2.45) is 5.41 Å². The minimum absolute atomic E-state index is 0.0258. The molecule has 0 unspecified atom stereocenters. The minimum atomic E-state index is -0.421. The molecule has 9 heteroatoms. The van der Waals surface area contributed by atoms with Crippen LogP contribution in [-0.2, 0) is 11.3 Å². The Balaban J connectivity index is 1.34. The standard InChI is InChI=1S/C27H28N6O2S/c1-17-14-18(8-9-21(17)35-22-6-5-7-23-19(22)15-31-36-23)32-25-24-20(29-16-30-25)10-12-33(24)13-11-28-26(34)27(2,3)4/h5-10,12,14-16H,11,13H2,1-4H3,(H,28,34)(H,29,30,32). The molecule has 1 amide bonds. The van der Waals surface area contributed by atoms with Gasteiger partial charge >= 0.3 is 0 Å². The highest BCUT2D eigenvalue weighted by atomic mass is 32.1. The molecule has 5 rings (SSSR count). The number of benzene rings is 2. The summed E-state index contributed by atoms with van der Waals surface area (Å²) in [6.45, 7) is 8.86. The van der Waals surface area contributed by atoms with Crippen LogP contribution in [0.5, 0.6) is 11.5 Å². The molecule has 36 heavy (non-hydrogen) atoms. The number of aromatic nitrogens is 4. The van der Waals surface area contributed by atoms with E-state index in [-0.39, 0.29) is 5.91 Å². The fourth-order valence-corrected chi connectivity index (χ4v) is 4.58. The molecule has 0 atom stereocenters. The molecule has 0 saturated carbocycles. The molecule has 0 fully saturated rings. The lowest BCUT2D eigenvalue weighted by Gasteiger charge is -2.18. The molecule has 184 valence electrons. The molecule has 0 bridgehead atoms. The number of ether oxygens (including phenoxy) is 1. The van der Waals surface area contributed by atoms with E-state index in [0.29, 0.717) is 18.9 Å². The van der Waals surface area contributed by atoms with E-state index in [1.54, 1.807) is 6.33 Å². The van der Waals surface area contributed by atoms with Crippen LogP contribution >= 0.6 is 11.5 Å². The number of carbonyl (C=O) groups is 1. The van der Waals surface area contributed by atoms with Gasteiger partial charge in [-0.15, -0.1) is 0 Å². The van der Waals surface area contributed by atoms with Gasteiger partial charge < -0.3 is 19.9 Å². The van der Waals surface area contributed by atoms with Gasteiger partial charge in [0.05, 0.1) is 21.8 Å². The molecule has 3 aromatic heterocycles. The van der Waals surface area contributed by atoms with Crippen LogP contribution in [0.1, 0.15) is 26.3 Å². The minimum Gasteiger partial charge on any atom is -0.456 e. The van der Waals surface area contributed by atoms with Crippen LogP contribution in [-0.4, -0.2) is 31.4 Å². The molecule has 5 aromatic rings. The maximum atomic E-state index is 12.2. The van der Waals surface area contributed by atoms with Crippen LogP contribution < -0.4 is 15.4 Å². The predicted octanol–water partition coefficient (Wildman–Crippen LogP) is 6.05. The summed E-state index contributed by atoms with van der Waals surface area (Å²) >= 11 is 1.46. The van der Waals surface area contributed by atoms with Crippen molar-refractivity contribution >= 4 is 50.1 Å². The molecule has 0 saturated heterocycles. The maximum Gasteiger partial charge on any atom is 0.225 e. The highest BCUT2D eigenvalue weighted by Crippen LogP contribution is 2.34. The van der Waals surface area contributed by atoms with Crippen LogP contribution in [0.25, 0.3) is 21.1 Å². The van der Waals surface area contributed by atoms with Crippen LogP contribution in [0.15, 0.2) is 61.2 Å². The van der Waals surface area contributed by atoms with E-state index in [9.17, 15) is 4.79 Å². The van der Waals surface area contributed by atoms with Gasteiger partial charge in [0.15, 0.2) is 5.82 Å². The Morgan fingerprint density at radius 1 is 1.11 bits per heavy atom. The van der Waals surface area contributed by atoms with Crippen molar-refractivity contribution in [3.05, 3.63) is 66.7 Å². The van der Waals surface area contributed by atoms with Crippen molar-refractivity contribution in [3.8, 4) is 11.5 Å². The summed E-state index contributed by atoms with van der Waals surface area (Å²) in [6.07, 6.45) is 5.36. The van der Waals surface area contributed by atoms with Gasteiger partial charge in [0.2, 0.25) is 5.91 Å². The van der Waals surface area contributed by atoms with Gasteiger partial charge in [-0.2, -0.15) is 4.37 Å². The summed E-state index contributed by atoms with van der Waals surface area (Å²) in [5, 5.41) is 7.44. The lowest BCUT2D eigenvalue weighted by atomic mass is 9.96. The molecular weight excluding hydrogens is 472 g/mol. The number of anilines is 2. The number of fused-ring (bicyclic) bond motifs is 2. The quantitative estimate of drug-likeness (QED) is 0.283. The Labute approximate surface area is 213 Å². The van der Waals surface area contributed by atoms with E-state index in [1.165, 1.54) is 11.5 Å². The highest BCUT2D eigenvalue weighted by Gasteiger charge is 2.20. The maximum absolute atomic E-state index is 12.2. The number of rotatable bonds is 7. The smallest absolute Gasteiger partial charge is 0.225 e. The molecular formula is C27H28N6O2S. The van der Waals surface area contributed by atoms with Gasteiger partial charge in [-0.3, -0.25) is 4.79 Å². The second-order valence-corrected chi connectivity index (χ2v) is 10.5. The second kappa shape index (κ2) is 9.58. The van der Waals surface area contributed by atoms with Gasteiger partial charge in [-0.1, -0.05) is 26.8 Å². The summed E-state index contributed by atoms with van der Waals surface area (Å²) in [5.74, 6) is 2.30. The third-order valence-corrected chi connectivity index (χ3v) is 6.65. The third-order valence-electron chi connectivity index (χ3n) is 5.89. The fraction of sp³-hybridized carbons (Fsp3) is 0.259. The Bertz CT molecular complexity index is 1550. The SMILES string of the molecule is Cc1cc(Nc2ncnc3ccn(CCNC(=O)C(C)(C)C)c23)ccc1Oc1cccc2sncc12. The molecule has 0 radical (unpaired) electrons. The number of hydrogen-bond donors (Lipinski definition) is 2. The van der Waals surface area contributed by atoms with Crippen molar-refractivity contribution in [2.75, 3.05) is 11.9 Å². The first kappa shape index (κ1) is 23.7. The van der Waals surface area contributed by atoms with E-state index < -0.39 is 5.41 Å². The van der Waals surface area contributed by atoms with E-state index in [0.717, 1.165) is 43.9 Å². The topological polar surface area (TPSA) is 94.0 Å². The summed E-state index contributed by atoms with van der Waals surface area (Å²) in [4.78, 5) is 21.1. The molecule has 0 spiro atoms. The van der Waals surface area contributed by atoms with E-state index >= 15 is 0 Å². The van der Waals surface area contributed by atoms with Crippen LogP contribution in [0.3, 0.4) is 0 Å². The number of nitrogens with one attached hydrogen (secondary N) is 2. The summed E-state index contributed by atoms with van der Waals surface area (Å²) < 4.78 is 13.6. The van der Waals surface area contributed by atoms with Gasteiger partial charge in [0, 0.05) is 30.4 Å². The summed E-state index contributed by atoms with van der Waals surface area (Å²) in [6, 6.07) is 13.9. The van der Waals surface area contributed by atoms with E-state index in [2.05, 4.69) is 29.5 Å². The molecule has 8 nitrogen and oxygen atoms in total. The zero-order valence-electron chi connectivity index (χ0n) is 20.7. The molecule has 3 heterocycles. The summed E-state index contributed by atoms with van der Waals surface area (Å²) in [5.41, 5.74) is 3.19. The lowest BCUT2D eigenvalue weighted by molar-refractivity contribution is -0.128. The van der Waals surface area contributed by atoms with Crippen molar-refractivity contribution in [1.29, 1.82) is 0 Å². The Morgan fingerprint density at radius 2 is 1.97 bits per heavy atom. The first-order valence-electron chi connectivity index (χ1n) is 11.8. The van der Waals surface area contributed by atoms with Crippen molar-refractivity contribution < 1.29 is 9.53 Å². The first-order valence-corrected chi connectivity index (χ1v) is 12.5. The summed E-state index contributed by atoms with van der Waals surface area (Å²) in [7, 11) is 0. The van der Waals surface area contributed by atoms with Crippen molar-refractivity contribution in [3.63, 3.8) is 0 Å². The van der Waals surface area contributed by atoms with Gasteiger partial charge in [-0.25, -0.2) is 9.97 Å². The van der Waals surface area contributed by atoms with Crippen LogP contribution in [0.2, 0.25) is 0 Å². The van der Waals surface area contributed by atoms with Gasteiger partial charge in [0.1, 0.15) is 23.3 Å². The second-order valence-electron chi connectivity index (χ2n) is 9.67. The monoisotopic (exact) mass is 500 g/mol. The highest BCUT2D eigenvalue weighted by molar-refractivity contribution is 7.13. The van der Waals surface area contributed by atoms with E-state index in [1.807, 2.05) is 82.6 Å². The Hall–Kier alpha value is -3.98. The first-order chi connectivity index (χ1) is 17.3.